The lowest BCUT2D eigenvalue weighted by Gasteiger charge is -2.37. The summed E-state index contributed by atoms with van der Waals surface area (Å²) in [5.74, 6) is 1.41. The Morgan fingerprint density at radius 3 is 2.40 bits per heavy atom. The number of phenolic OH excluding ortho intramolecular Hbond substituents is 1. The van der Waals surface area contributed by atoms with Crippen molar-refractivity contribution in [3.05, 3.63) is 99.6 Å². The van der Waals surface area contributed by atoms with E-state index in [0.717, 1.165) is 47.1 Å². The lowest BCUT2D eigenvalue weighted by Crippen LogP contribution is -2.38. The monoisotopic (exact) mass is 619 g/mol. The Hall–Kier alpha value is -3.26. The van der Waals surface area contributed by atoms with Crippen LogP contribution in [0.4, 0.5) is 11.4 Å². The molecule has 4 heterocycles. The van der Waals surface area contributed by atoms with Gasteiger partial charge < -0.3 is 24.8 Å². The van der Waals surface area contributed by atoms with Crippen molar-refractivity contribution in [1.29, 1.82) is 0 Å². The number of aromatic nitrogens is 2. The number of phenols is 1. The second-order valence-electron chi connectivity index (χ2n) is 11.8. The lowest BCUT2D eigenvalue weighted by atomic mass is 9.91. The third kappa shape index (κ3) is 5.23. The van der Waals surface area contributed by atoms with E-state index in [1.165, 1.54) is 6.42 Å². The summed E-state index contributed by atoms with van der Waals surface area (Å²) in [5.41, 5.74) is 6.51. The fourth-order valence-electron chi connectivity index (χ4n) is 6.84. The van der Waals surface area contributed by atoms with Crippen molar-refractivity contribution < 1.29 is 5.11 Å². The molecule has 2 aromatic heterocycles. The van der Waals surface area contributed by atoms with Crippen LogP contribution in [0, 0.1) is 25.7 Å². The Labute approximate surface area is 262 Å². The van der Waals surface area contributed by atoms with Crippen molar-refractivity contribution in [2.45, 2.75) is 46.2 Å². The molecule has 9 heteroatoms. The van der Waals surface area contributed by atoms with Crippen LogP contribution in [0.5, 0.6) is 5.75 Å². The molecule has 2 N–H and O–H groups in total. The number of nitrogens with one attached hydrogen (secondary N) is 1. The van der Waals surface area contributed by atoms with Crippen molar-refractivity contribution >= 4 is 51.9 Å². The number of piperidine rings is 1. The number of benzene rings is 2. The molecule has 0 unspecified atom stereocenters. The molecule has 6 rings (SSSR count). The predicted octanol–water partition coefficient (Wildman–Crippen LogP) is 8.16. The third-order valence-corrected chi connectivity index (χ3v) is 9.34. The third-order valence-electron chi connectivity index (χ3n) is 8.48. The Bertz CT molecular complexity index is 1630. The molecule has 42 heavy (non-hydrogen) atoms. The van der Waals surface area contributed by atoms with Crippen LogP contribution in [0.1, 0.15) is 55.0 Å². The first-order valence-electron chi connectivity index (χ1n) is 14.3. The molecule has 2 aliphatic heterocycles. The average molecular weight is 621 g/mol. The molecular weight excluding hydrogens is 585 g/mol. The van der Waals surface area contributed by atoms with E-state index in [2.05, 4.69) is 54.1 Å². The van der Waals surface area contributed by atoms with E-state index < -0.39 is 0 Å². The first-order chi connectivity index (χ1) is 20.1. The molecule has 218 valence electrons. The molecule has 6 nitrogen and oxygen atoms in total. The van der Waals surface area contributed by atoms with E-state index in [-0.39, 0.29) is 17.8 Å². The number of anilines is 2. The summed E-state index contributed by atoms with van der Waals surface area (Å²) in [5, 5.41) is 16.2. The molecule has 4 aromatic rings. The second-order valence-corrected chi connectivity index (χ2v) is 13.0. The highest BCUT2D eigenvalue weighted by Crippen LogP contribution is 2.45. The fraction of sp³-hybridized carbons (Fsp3) is 0.333. The van der Waals surface area contributed by atoms with E-state index in [1.54, 1.807) is 24.4 Å². The summed E-state index contributed by atoms with van der Waals surface area (Å²) in [6, 6.07) is 19.0. The molecule has 0 saturated carbocycles. The maximum atomic E-state index is 10.8. The zero-order valence-electron chi connectivity index (χ0n) is 24.2. The van der Waals surface area contributed by atoms with Crippen molar-refractivity contribution in [3.8, 4) is 11.4 Å². The fourth-order valence-corrected chi connectivity index (χ4v) is 7.65. The lowest BCUT2D eigenvalue weighted by molar-refractivity contribution is 0.357. The molecule has 2 aromatic carbocycles. The van der Waals surface area contributed by atoms with Gasteiger partial charge in [0.2, 0.25) is 0 Å². The van der Waals surface area contributed by atoms with E-state index in [4.69, 9.17) is 40.4 Å². The minimum atomic E-state index is -0.217. The number of aromatic hydroxyl groups is 1. The molecular formula is C33H35Cl2N5OS. The van der Waals surface area contributed by atoms with E-state index >= 15 is 0 Å². The SMILES string of the molecule is Cc1cc([C@@H]2[C@H](c3ccccn3)NC(=S)N2c2ccc(N3C[C@@H](C)C[C@H](C)C3)c(Cl)c2)c(C)n1-c1cc(Cl)ccc1O. The molecule has 4 atom stereocenters. The number of pyridine rings is 1. The van der Waals surface area contributed by atoms with Crippen LogP contribution in [-0.2, 0) is 0 Å². The van der Waals surface area contributed by atoms with Crippen molar-refractivity contribution in [3.63, 3.8) is 0 Å². The van der Waals surface area contributed by atoms with Crippen LogP contribution in [-0.4, -0.2) is 32.9 Å². The molecule has 0 radical (unpaired) electrons. The largest absolute Gasteiger partial charge is 0.506 e. The first kappa shape index (κ1) is 28.8. The van der Waals surface area contributed by atoms with Gasteiger partial charge in [-0.3, -0.25) is 4.98 Å². The normalized spacial score (nSPS) is 22.5. The average Bonchev–Trinajstić information content (AvgIpc) is 3.44. The van der Waals surface area contributed by atoms with Gasteiger partial charge in [-0.25, -0.2) is 0 Å². The number of hydrogen-bond acceptors (Lipinski definition) is 4. The number of hydrogen-bond donors (Lipinski definition) is 2. The van der Waals surface area contributed by atoms with Gasteiger partial charge in [-0.05, 0) is 104 Å². The van der Waals surface area contributed by atoms with Gasteiger partial charge in [0.1, 0.15) is 5.75 Å². The van der Waals surface area contributed by atoms with Gasteiger partial charge in [-0.2, -0.15) is 0 Å². The van der Waals surface area contributed by atoms with Crippen molar-refractivity contribution in [2.75, 3.05) is 22.9 Å². The number of halogens is 2. The summed E-state index contributed by atoms with van der Waals surface area (Å²) in [7, 11) is 0. The number of thiocarbonyl (C=S) groups is 1. The van der Waals surface area contributed by atoms with Crippen LogP contribution in [0.3, 0.4) is 0 Å². The van der Waals surface area contributed by atoms with Gasteiger partial charge in [0, 0.05) is 41.4 Å². The van der Waals surface area contributed by atoms with Crippen molar-refractivity contribution in [1.82, 2.24) is 14.9 Å². The van der Waals surface area contributed by atoms with Crippen LogP contribution in [0.15, 0.2) is 66.9 Å². The highest BCUT2D eigenvalue weighted by atomic mass is 35.5. The maximum Gasteiger partial charge on any atom is 0.174 e. The molecule has 2 fully saturated rings. The van der Waals surface area contributed by atoms with Gasteiger partial charge in [0.25, 0.3) is 0 Å². The summed E-state index contributed by atoms with van der Waals surface area (Å²) < 4.78 is 2.04. The van der Waals surface area contributed by atoms with Crippen LogP contribution < -0.4 is 15.1 Å². The van der Waals surface area contributed by atoms with Gasteiger partial charge >= 0.3 is 0 Å². The standard InChI is InChI=1S/C33H35Cl2N5OS/c1-19-13-20(2)18-38(17-19)28-10-9-24(16-26(28)35)40-32(31(37-33(40)42)27-7-5-6-12-36-27)25-14-21(3)39(22(25)4)29-15-23(34)8-11-30(29)41/h5-12,14-16,19-20,31-32,41H,13,17-18H2,1-4H3,(H,37,42)/t19-,20-,31-,32+/m0/s1. The summed E-state index contributed by atoms with van der Waals surface area (Å²) in [6.45, 7) is 10.7. The molecule has 0 aliphatic carbocycles. The molecule has 0 bridgehead atoms. The smallest absolute Gasteiger partial charge is 0.174 e. The maximum absolute atomic E-state index is 10.8. The quantitative estimate of drug-likeness (QED) is 0.220. The predicted molar refractivity (Wildman–Crippen MR) is 176 cm³/mol. The number of aryl methyl sites for hydroxylation is 1. The second kappa shape index (κ2) is 11.4. The van der Waals surface area contributed by atoms with Crippen molar-refractivity contribution in [2.24, 2.45) is 11.8 Å². The Morgan fingerprint density at radius 1 is 0.952 bits per heavy atom. The van der Waals surface area contributed by atoms with Crippen LogP contribution >= 0.6 is 35.4 Å². The summed E-state index contributed by atoms with van der Waals surface area (Å²) in [6.07, 6.45) is 3.04. The Morgan fingerprint density at radius 2 is 1.71 bits per heavy atom. The van der Waals surface area contributed by atoms with E-state index in [1.807, 2.05) is 35.8 Å². The zero-order valence-corrected chi connectivity index (χ0v) is 26.5. The first-order valence-corrected chi connectivity index (χ1v) is 15.5. The van der Waals surface area contributed by atoms with Gasteiger partial charge in [-0.15, -0.1) is 0 Å². The van der Waals surface area contributed by atoms with Gasteiger partial charge in [-0.1, -0.05) is 43.1 Å². The van der Waals surface area contributed by atoms with Gasteiger partial charge in [0.15, 0.2) is 5.11 Å². The van der Waals surface area contributed by atoms with Crippen LogP contribution in [0.2, 0.25) is 10.0 Å². The Kier molecular flexibility index (Phi) is 7.85. The molecule has 0 spiro atoms. The highest BCUT2D eigenvalue weighted by Gasteiger charge is 2.42. The molecule has 0 amide bonds. The summed E-state index contributed by atoms with van der Waals surface area (Å²) in [4.78, 5) is 9.26. The van der Waals surface area contributed by atoms with Gasteiger partial charge in [0.05, 0.1) is 34.2 Å². The topological polar surface area (TPSA) is 56.6 Å². The Balaban J connectivity index is 1.45. The minimum Gasteiger partial charge on any atom is -0.506 e. The van der Waals surface area contributed by atoms with E-state index in [0.29, 0.717) is 32.7 Å². The van der Waals surface area contributed by atoms with Crippen LogP contribution in [0.25, 0.3) is 5.69 Å². The molecule has 2 saturated heterocycles. The summed E-state index contributed by atoms with van der Waals surface area (Å²) >= 11 is 19.4. The number of rotatable bonds is 5. The highest BCUT2D eigenvalue weighted by molar-refractivity contribution is 7.80. The zero-order chi connectivity index (χ0) is 29.7. The number of nitrogens with zero attached hydrogens (tertiary/aromatic N) is 4. The minimum absolute atomic E-state index is 0.162. The van der Waals surface area contributed by atoms with E-state index in [9.17, 15) is 5.11 Å². The molecule has 2 aliphatic rings.